The minimum absolute atomic E-state index is 0.261. The van der Waals surface area contributed by atoms with Gasteiger partial charge < -0.3 is 5.32 Å². The lowest BCUT2D eigenvalue weighted by Gasteiger charge is -2.17. The van der Waals surface area contributed by atoms with Gasteiger partial charge in [0.05, 0.1) is 11.0 Å². The lowest BCUT2D eigenvalue weighted by molar-refractivity contribution is 0.534. The summed E-state index contributed by atoms with van der Waals surface area (Å²) in [5, 5.41) is 2.88. The van der Waals surface area contributed by atoms with Crippen LogP contribution in [0.4, 0.5) is 0 Å². The molecule has 15 heavy (non-hydrogen) atoms. The highest BCUT2D eigenvalue weighted by atomic mass is 32.2. The molecule has 0 spiro atoms. The lowest BCUT2D eigenvalue weighted by atomic mass is 10.2. The summed E-state index contributed by atoms with van der Waals surface area (Å²) < 4.78 is 23.7. The molecule has 0 fully saturated rings. The smallest absolute Gasteiger partial charge is 0.154 e. The van der Waals surface area contributed by atoms with Gasteiger partial charge in [-0.2, -0.15) is 0 Å². The third-order valence-electron chi connectivity index (χ3n) is 2.64. The van der Waals surface area contributed by atoms with E-state index in [4.69, 9.17) is 0 Å². The van der Waals surface area contributed by atoms with Crippen LogP contribution in [0, 0.1) is 5.92 Å². The Morgan fingerprint density at radius 3 is 2.07 bits per heavy atom. The van der Waals surface area contributed by atoms with E-state index in [1.54, 1.807) is 6.92 Å². The summed E-state index contributed by atoms with van der Waals surface area (Å²) in [6.45, 7) is 10.4. The normalized spacial score (nSPS) is 16.7. The van der Waals surface area contributed by atoms with Crippen molar-refractivity contribution in [1.82, 2.24) is 5.32 Å². The van der Waals surface area contributed by atoms with E-state index in [1.807, 2.05) is 27.7 Å². The first-order valence-electron chi connectivity index (χ1n) is 5.74. The average Bonchev–Trinajstić information content (AvgIpc) is 2.13. The molecule has 0 bridgehead atoms. The first-order chi connectivity index (χ1) is 6.79. The van der Waals surface area contributed by atoms with Crippen LogP contribution in [-0.2, 0) is 9.84 Å². The summed E-state index contributed by atoms with van der Waals surface area (Å²) in [4.78, 5) is 0. The fourth-order valence-electron chi connectivity index (χ4n) is 1.21. The van der Waals surface area contributed by atoms with E-state index in [-0.39, 0.29) is 11.2 Å². The quantitative estimate of drug-likeness (QED) is 0.732. The van der Waals surface area contributed by atoms with Crippen molar-refractivity contribution in [3.8, 4) is 0 Å². The molecule has 0 rings (SSSR count). The Balaban J connectivity index is 4.20. The Morgan fingerprint density at radius 2 is 1.67 bits per heavy atom. The van der Waals surface area contributed by atoms with Gasteiger partial charge in [-0.25, -0.2) is 8.42 Å². The molecule has 3 nitrogen and oxygen atoms in total. The van der Waals surface area contributed by atoms with Crippen LogP contribution < -0.4 is 5.32 Å². The summed E-state index contributed by atoms with van der Waals surface area (Å²) in [6.07, 6.45) is 0.920. The molecule has 0 saturated heterocycles. The molecule has 0 saturated carbocycles. The van der Waals surface area contributed by atoms with Crippen molar-refractivity contribution in [2.24, 2.45) is 5.92 Å². The van der Waals surface area contributed by atoms with Crippen LogP contribution in [0.2, 0.25) is 0 Å². The van der Waals surface area contributed by atoms with Crippen molar-refractivity contribution in [3.05, 3.63) is 0 Å². The van der Waals surface area contributed by atoms with E-state index >= 15 is 0 Å². The summed E-state index contributed by atoms with van der Waals surface area (Å²) in [5.74, 6) is 0.571. The van der Waals surface area contributed by atoms with Gasteiger partial charge in [0, 0.05) is 12.6 Å². The van der Waals surface area contributed by atoms with Gasteiger partial charge in [-0.15, -0.1) is 0 Å². The number of nitrogens with one attached hydrogen (secondary N) is 1. The predicted octanol–water partition coefficient (Wildman–Crippen LogP) is 1.83. The Morgan fingerprint density at radius 1 is 1.13 bits per heavy atom. The van der Waals surface area contributed by atoms with Gasteiger partial charge in [-0.05, 0) is 12.8 Å². The minimum atomic E-state index is -2.93. The highest BCUT2D eigenvalue weighted by Crippen LogP contribution is 2.10. The predicted molar refractivity (Wildman–Crippen MR) is 65.8 cm³/mol. The van der Waals surface area contributed by atoms with Crippen molar-refractivity contribution >= 4 is 9.84 Å². The Labute approximate surface area is 94.6 Å². The van der Waals surface area contributed by atoms with E-state index in [1.165, 1.54) is 0 Å². The molecule has 0 aromatic heterocycles. The van der Waals surface area contributed by atoms with Crippen molar-refractivity contribution < 1.29 is 8.42 Å². The van der Waals surface area contributed by atoms with Crippen LogP contribution in [0.1, 0.15) is 41.0 Å². The third kappa shape index (κ3) is 6.15. The molecule has 0 amide bonds. The van der Waals surface area contributed by atoms with Gasteiger partial charge in [0.25, 0.3) is 0 Å². The molecule has 0 heterocycles. The SMILES string of the molecule is CCC(C)CS(=O)(=O)C(C)CNC(C)C. The minimum Gasteiger partial charge on any atom is -0.313 e. The molecule has 2 unspecified atom stereocenters. The Kier molecular flexibility index (Phi) is 6.44. The van der Waals surface area contributed by atoms with Crippen LogP contribution in [0.3, 0.4) is 0 Å². The second-order valence-corrected chi connectivity index (χ2v) is 7.18. The summed E-state index contributed by atoms with van der Waals surface area (Å²) in [6, 6.07) is 0.339. The Bertz CT molecular complexity index is 260. The molecule has 0 aliphatic carbocycles. The fraction of sp³-hybridized carbons (Fsp3) is 1.00. The second-order valence-electron chi connectivity index (χ2n) is 4.72. The first-order valence-corrected chi connectivity index (χ1v) is 7.46. The summed E-state index contributed by atoms with van der Waals surface area (Å²) in [7, 11) is -2.93. The van der Waals surface area contributed by atoms with Gasteiger partial charge in [-0.3, -0.25) is 0 Å². The number of rotatable bonds is 7. The van der Waals surface area contributed by atoms with Crippen LogP contribution in [0.15, 0.2) is 0 Å². The lowest BCUT2D eigenvalue weighted by Crippen LogP contribution is -2.36. The van der Waals surface area contributed by atoms with Crippen LogP contribution >= 0.6 is 0 Å². The van der Waals surface area contributed by atoms with Gasteiger partial charge in [-0.1, -0.05) is 34.1 Å². The summed E-state index contributed by atoms with van der Waals surface area (Å²) >= 11 is 0. The molecule has 0 aliphatic heterocycles. The highest BCUT2D eigenvalue weighted by Gasteiger charge is 2.22. The maximum Gasteiger partial charge on any atom is 0.154 e. The van der Waals surface area contributed by atoms with Crippen molar-refractivity contribution in [1.29, 1.82) is 0 Å². The van der Waals surface area contributed by atoms with Crippen LogP contribution in [-0.4, -0.2) is 32.0 Å². The molecule has 2 atom stereocenters. The Hall–Kier alpha value is -0.0900. The van der Waals surface area contributed by atoms with Crippen molar-refractivity contribution in [3.63, 3.8) is 0 Å². The van der Waals surface area contributed by atoms with Crippen molar-refractivity contribution in [2.75, 3.05) is 12.3 Å². The van der Waals surface area contributed by atoms with Crippen LogP contribution in [0.5, 0.6) is 0 Å². The molecule has 0 radical (unpaired) electrons. The maximum absolute atomic E-state index is 11.9. The number of hydrogen-bond donors (Lipinski definition) is 1. The molecule has 0 aromatic rings. The zero-order valence-corrected chi connectivity index (χ0v) is 11.4. The van der Waals surface area contributed by atoms with Gasteiger partial charge in [0.15, 0.2) is 9.84 Å². The third-order valence-corrected chi connectivity index (χ3v) is 5.07. The molecule has 92 valence electrons. The highest BCUT2D eigenvalue weighted by molar-refractivity contribution is 7.92. The summed E-state index contributed by atoms with van der Waals surface area (Å²) in [5.41, 5.74) is 0. The van der Waals surface area contributed by atoms with Gasteiger partial charge in [0.1, 0.15) is 0 Å². The molecule has 0 aromatic carbocycles. The zero-order chi connectivity index (χ0) is 12.1. The molecule has 1 N–H and O–H groups in total. The topological polar surface area (TPSA) is 46.2 Å². The van der Waals surface area contributed by atoms with Crippen LogP contribution in [0.25, 0.3) is 0 Å². The molecular weight excluding hydrogens is 210 g/mol. The maximum atomic E-state index is 11.9. The second kappa shape index (κ2) is 6.48. The van der Waals surface area contributed by atoms with E-state index in [2.05, 4.69) is 5.32 Å². The van der Waals surface area contributed by atoms with E-state index in [0.717, 1.165) is 6.42 Å². The van der Waals surface area contributed by atoms with Gasteiger partial charge >= 0.3 is 0 Å². The number of hydrogen-bond acceptors (Lipinski definition) is 3. The monoisotopic (exact) mass is 235 g/mol. The van der Waals surface area contributed by atoms with Crippen molar-refractivity contribution in [2.45, 2.75) is 52.3 Å². The molecular formula is C11H25NO2S. The largest absolute Gasteiger partial charge is 0.313 e. The van der Waals surface area contributed by atoms with Gasteiger partial charge in [0.2, 0.25) is 0 Å². The number of sulfone groups is 1. The zero-order valence-electron chi connectivity index (χ0n) is 10.6. The molecule has 0 aliphatic rings. The van der Waals surface area contributed by atoms with E-state index in [9.17, 15) is 8.42 Å². The average molecular weight is 235 g/mol. The van der Waals surface area contributed by atoms with E-state index < -0.39 is 9.84 Å². The van der Waals surface area contributed by atoms with E-state index in [0.29, 0.717) is 18.3 Å². The molecule has 4 heteroatoms. The standard InChI is InChI=1S/C11H25NO2S/c1-6-10(4)8-15(13,14)11(5)7-12-9(2)3/h9-12H,6-8H2,1-5H3. The first kappa shape index (κ1) is 14.9. The fourth-order valence-corrected chi connectivity index (χ4v) is 2.91.